The van der Waals surface area contributed by atoms with E-state index in [1.54, 1.807) is 0 Å². The minimum absolute atomic E-state index is 0.0906. The van der Waals surface area contributed by atoms with Crippen LogP contribution in [0.5, 0.6) is 0 Å². The van der Waals surface area contributed by atoms with Gasteiger partial charge in [-0.1, -0.05) is 43.3 Å². The van der Waals surface area contributed by atoms with Crippen molar-refractivity contribution >= 4 is 11.0 Å². The zero-order valence-electron chi connectivity index (χ0n) is 10.9. The number of benzene rings is 2. The number of rotatable bonds is 3. The Balaban J connectivity index is 2.06. The van der Waals surface area contributed by atoms with E-state index in [1.807, 2.05) is 24.3 Å². The molecule has 0 aliphatic carbocycles. The summed E-state index contributed by atoms with van der Waals surface area (Å²) in [7, 11) is 0. The third-order valence-electron chi connectivity index (χ3n) is 3.42. The van der Waals surface area contributed by atoms with Gasteiger partial charge in [0.15, 0.2) is 0 Å². The monoisotopic (exact) mass is 251 g/mol. The molecule has 0 aliphatic heterocycles. The van der Waals surface area contributed by atoms with Gasteiger partial charge in [0, 0.05) is 11.6 Å². The molecule has 0 radical (unpaired) electrons. The Bertz CT molecular complexity index is 686. The van der Waals surface area contributed by atoms with Crippen molar-refractivity contribution in [1.82, 2.24) is 9.97 Å². The average molecular weight is 251 g/mol. The van der Waals surface area contributed by atoms with Gasteiger partial charge in [-0.15, -0.1) is 0 Å². The van der Waals surface area contributed by atoms with E-state index in [0.717, 1.165) is 34.4 Å². The van der Waals surface area contributed by atoms with Crippen molar-refractivity contribution in [2.24, 2.45) is 5.73 Å². The second-order valence-electron chi connectivity index (χ2n) is 4.74. The molecule has 2 aromatic carbocycles. The highest BCUT2D eigenvalue weighted by atomic mass is 14.9. The fourth-order valence-corrected chi connectivity index (χ4v) is 2.23. The van der Waals surface area contributed by atoms with Gasteiger partial charge in [-0.25, -0.2) is 4.98 Å². The van der Waals surface area contributed by atoms with E-state index in [-0.39, 0.29) is 6.04 Å². The first-order chi connectivity index (χ1) is 9.28. The highest BCUT2D eigenvalue weighted by Gasteiger charge is 2.08. The summed E-state index contributed by atoms with van der Waals surface area (Å²) < 4.78 is 0. The summed E-state index contributed by atoms with van der Waals surface area (Å²) in [6.07, 6.45) is 0.936. The van der Waals surface area contributed by atoms with E-state index < -0.39 is 0 Å². The van der Waals surface area contributed by atoms with Gasteiger partial charge >= 0.3 is 0 Å². The zero-order valence-corrected chi connectivity index (χ0v) is 10.9. The number of nitrogens with two attached hydrogens (primary N) is 1. The van der Waals surface area contributed by atoms with Crippen LogP contribution >= 0.6 is 0 Å². The van der Waals surface area contributed by atoms with Crippen LogP contribution in [0, 0.1) is 0 Å². The molecule has 3 N–H and O–H groups in total. The maximum absolute atomic E-state index is 6.07. The molecule has 0 fully saturated rings. The molecule has 0 saturated heterocycles. The average Bonchev–Trinajstić information content (AvgIpc) is 2.90. The summed E-state index contributed by atoms with van der Waals surface area (Å²) in [4.78, 5) is 7.98. The molecule has 1 aromatic heterocycles. The van der Waals surface area contributed by atoms with Crippen molar-refractivity contribution in [3.05, 3.63) is 54.1 Å². The van der Waals surface area contributed by atoms with Crippen molar-refractivity contribution in [3.63, 3.8) is 0 Å². The minimum Gasteiger partial charge on any atom is -0.338 e. The van der Waals surface area contributed by atoms with E-state index in [0.29, 0.717) is 0 Å². The Morgan fingerprint density at radius 1 is 1.16 bits per heavy atom. The molecule has 1 heterocycles. The number of nitrogens with one attached hydrogen (secondary N) is 1. The van der Waals surface area contributed by atoms with Crippen LogP contribution in [0.15, 0.2) is 48.5 Å². The van der Waals surface area contributed by atoms with Crippen molar-refractivity contribution in [3.8, 4) is 11.4 Å². The van der Waals surface area contributed by atoms with Crippen LogP contribution in [0.1, 0.15) is 24.9 Å². The summed E-state index contributed by atoms with van der Waals surface area (Å²) in [5.74, 6) is 0.901. The molecule has 3 rings (SSSR count). The third-order valence-corrected chi connectivity index (χ3v) is 3.42. The van der Waals surface area contributed by atoms with Gasteiger partial charge in [-0.3, -0.25) is 0 Å². The predicted octanol–water partition coefficient (Wildman–Crippen LogP) is 3.64. The molecule has 0 aliphatic rings. The predicted molar refractivity (Wildman–Crippen MR) is 78.7 cm³/mol. The highest BCUT2D eigenvalue weighted by Crippen LogP contribution is 2.23. The Kier molecular flexibility index (Phi) is 3.05. The molecule has 0 spiro atoms. The van der Waals surface area contributed by atoms with Crippen LogP contribution in [0.4, 0.5) is 0 Å². The van der Waals surface area contributed by atoms with Gasteiger partial charge in [0.2, 0.25) is 0 Å². The number of hydrogen-bond donors (Lipinski definition) is 2. The lowest BCUT2D eigenvalue weighted by molar-refractivity contribution is 0.699. The standard InChI is InChI=1S/C16H17N3/c1-2-13(17)12-8-9-14-15(10-12)19-16(18-14)11-6-4-3-5-7-11/h3-10,13H,2,17H2,1H3,(H,18,19). The lowest BCUT2D eigenvalue weighted by Gasteiger charge is -2.08. The van der Waals surface area contributed by atoms with Crippen molar-refractivity contribution in [1.29, 1.82) is 0 Å². The molecule has 3 heteroatoms. The van der Waals surface area contributed by atoms with Gasteiger partial charge in [0.1, 0.15) is 5.82 Å². The smallest absolute Gasteiger partial charge is 0.138 e. The first kappa shape index (κ1) is 11.9. The lowest BCUT2D eigenvalue weighted by Crippen LogP contribution is -2.08. The largest absolute Gasteiger partial charge is 0.338 e. The topological polar surface area (TPSA) is 54.7 Å². The Morgan fingerprint density at radius 3 is 2.68 bits per heavy atom. The number of nitrogens with zero attached hydrogens (tertiary/aromatic N) is 1. The van der Waals surface area contributed by atoms with E-state index >= 15 is 0 Å². The summed E-state index contributed by atoms with van der Waals surface area (Å²) in [6.45, 7) is 2.09. The van der Waals surface area contributed by atoms with Crippen LogP contribution < -0.4 is 5.73 Å². The van der Waals surface area contributed by atoms with Crippen molar-refractivity contribution < 1.29 is 0 Å². The first-order valence-electron chi connectivity index (χ1n) is 6.58. The summed E-state index contributed by atoms with van der Waals surface area (Å²) >= 11 is 0. The van der Waals surface area contributed by atoms with Crippen LogP contribution in [0.25, 0.3) is 22.4 Å². The van der Waals surface area contributed by atoms with Crippen LogP contribution in [-0.4, -0.2) is 9.97 Å². The molecule has 3 nitrogen and oxygen atoms in total. The summed E-state index contributed by atoms with van der Waals surface area (Å²) in [5.41, 5.74) is 10.3. The molecule has 0 saturated carbocycles. The summed E-state index contributed by atoms with van der Waals surface area (Å²) in [5, 5.41) is 0. The maximum Gasteiger partial charge on any atom is 0.138 e. The number of aromatic nitrogens is 2. The van der Waals surface area contributed by atoms with Crippen LogP contribution in [-0.2, 0) is 0 Å². The Morgan fingerprint density at radius 2 is 1.95 bits per heavy atom. The molecular formula is C16H17N3. The van der Waals surface area contributed by atoms with E-state index in [2.05, 4.69) is 41.2 Å². The number of fused-ring (bicyclic) bond motifs is 1. The molecule has 96 valence electrons. The SMILES string of the molecule is CCC(N)c1ccc2nc(-c3ccccc3)[nH]c2c1. The van der Waals surface area contributed by atoms with Gasteiger partial charge < -0.3 is 10.7 Å². The Labute approximate surface area is 112 Å². The van der Waals surface area contributed by atoms with Gasteiger partial charge in [0.25, 0.3) is 0 Å². The fourth-order valence-electron chi connectivity index (χ4n) is 2.23. The number of aromatic amines is 1. The zero-order chi connectivity index (χ0) is 13.2. The molecule has 0 bridgehead atoms. The number of imidazole rings is 1. The van der Waals surface area contributed by atoms with Crippen molar-refractivity contribution in [2.75, 3.05) is 0 Å². The molecular weight excluding hydrogens is 234 g/mol. The lowest BCUT2D eigenvalue weighted by atomic mass is 10.1. The summed E-state index contributed by atoms with van der Waals surface area (Å²) in [6, 6.07) is 16.4. The van der Waals surface area contributed by atoms with Crippen LogP contribution in [0.2, 0.25) is 0 Å². The minimum atomic E-state index is 0.0906. The van der Waals surface area contributed by atoms with E-state index in [4.69, 9.17) is 5.73 Å². The normalized spacial score (nSPS) is 12.7. The quantitative estimate of drug-likeness (QED) is 0.746. The second kappa shape index (κ2) is 4.86. The molecule has 0 amide bonds. The molecule has 19 heavy (non-hydrogen) atoms. The first-order valence-corrected chi connectivity index (χ1v) is 6.58. The fraction of sp³-hybridized carbons (Fsp3) is 0.188. The second-order valence-corrected chi connectivity index (χ2v) is 4.74. The van der Waals surface area contributed by atoms with Gasteiger partial charge in [-0.05, 0) is 24.1 Å². The van der Waals surface area contributed by atoms with Crippen LogP contribution in [0.3, 0.4) is 0 Å². The van der Waals surface area contributed by atoms with E-state index in [1.165, 1.54) is 0 Å². The van der Waals surface area contributed by atoms with E-state index in [9.17, 15) is 0 Å². The van der Waals surface area contributed by atoms with Gasteiger partial charge in [-0.2, -0.15) is 0 Å². The number of hydrogen-bond acceptors (Lipinski definition) is 2. The Hall–Kier alpha value is -2.13. The molecule has 1 atom stereocenters. The molecule has 3 aromatic rings. The van der Waals surface area contributed by atoms with Crippen molar-refractivity contribution in [2.45, 2.75) is 19.4 Å². The molecule has 1 unspecified atom stereocenters. The maximum atomic E-state index is 6.07. The van der Waals surface area contributed by atoms with Gasteiger partial charge in [0.05, 0.1) is 11.0 Å². The third kappa shape index (κ3) is 2.25. The number of H-pyrrole nitrogens is 1. The highest BCUT2D eigenvalue weighted by molar-refractivity contribution is 5.80.